The highest BCUT2D eigenvalue weighted by Gasteiger charge is 2.22. The molecule has 0 aliphatic carbocycles. The van der Waals surface area contributed by atoms with Gasteiger partial charge in [-0.3, -0.25) is 5.32 Å². The molecule has 1 aliphatic rings. The van der Waals surface area contributed by atoms with Crippen molar-refractivity contribution < 1.29 is 19.4 Å². The summed E-state index contributed by atoms with van der Waals surface area (Å²) in [7, 11) is 0. The van der Waals surface area contributed by atoms with Crippen LogP contribution in [0.1, 0.15) is 24.8 Å². The highest BCUT2D eigenvalue weighted by Crippen LogP contribution is 2.28. The monoisotopic (exact) mass is 474 g/mol. The molecule has 0 aromatic heterocycles. The van der Waals surface area contributed by atoms with E-state index in [1.54, 1.807) is 0 Å². The molecule has 0 atom stereocenters. The van der Waals surface area contributed by atoms with Gasteiger partial charge in [-0.05, 0) is 55.0 Å². The van der Waals surface area contributed by atoms with Crippen LogP contribution >= 0.6 is 0 Å². The van der Waals surface area contributed by atoms with Crippen LogP contribution in [0, 0.1) is 0 Å². The van der Waals surface area contributed by atoms with Gasteiger partial charge in [0.25, 0.3) is 0 Å². The van der Waals surface area contributed by atoms with Gasteiger partial charge < -0.3 is 19.5 Å². The van der Waals surface area contributed by atoms with Gasteiger partial charge in [-0.25, -0.2) is 4.79 Å². The quantitative estimate of drug-likeness (QED) is 0.387. The van der Waals surface area contributed by atoms with Crippen LogP contribution in [0.15, 0.2) is 78.9 Å². The fourth-order valence-electron chi connectivity index (χ4n) is 4.36. The number of benzene rings is 3. The lowest BCUT2D eigenvalue weighted by Gasteiger charge is -2.31. The summed E-state index contributed by atoms with van der Waals surface area (Å²) in [5, 5.41) is 11.9. The van der Waals surface area contributed by atoms with Crippen molar-refractivity contribution in [3.8, 4) is 16.9 Å². The number of ether oxygens (including phenoxy) is 2. The fourth-order valence-corrected chi connectivity index (χ4v) is 4.36. The maximum Gasteiger partial charge on any atom is 0.411 e. The Morgan fingerprint density at radius 1 is 0.943 bits per heavy atom. The third-order valence-corrected chi connectivity index (χ3v) is 6.27. The number of piperidine rings is 1. The van der Waals surface area contributed by atoms with E-state index in [4.69, 9.17) is 14.6 Å². The number of carbonyl (C=O) groups excluding carboxylic acids is 1. The first kappa shape index (κ1) is 24.8. The molecule has 1 amide bonds. The summed E-state index contributed by atoms with van der Waals surface area (Å²) in [5.74, 6) is 0.860. The Hall–Kier alpha value is -3.35. The van der Waals surface area contributed by atoms with Crippen LogP contribution in [0.25, 0.3) is 11.1 Å². The van der Waals surface area contributed by atoms with E-state index in [1.165, 1.54) is 0 Å². The minimum absolute atomic E-state index is 0.0659. The predicted molar refractivity (Wildman–Crippen MR) is 139 cm³/mol. The first-order valence-corrected chi connectivity index (χ1v) is 12.4. The SMILES string of the molecule is O=C(Nc1ccccc1-c1ccccc1)OC1CCN(CCCOc2ccc(CCO)cc2)CC1. The molecular formula is C29H34N2O4. The van der Waals surface area contributed by atoms with Crippen LogP contribution in [0.2, 0.25) is 0 Å². The zero-order valence-corrected chi connectivity index (χ0v) is 20.1. The van der Waals surface area contributed by atoms with Crippen LogP contribution in [0.5, 0.6) is 5.75 Å². The molecule has 0 unspecified atom stereocenters. The van der Waals surface area contributed by atoms with Crippen molar-refractivity contribution in [3.05, 3.63) is 84.4 Å². The first-order valence-electron chi connectivity index (χ1n) is 12.4. The maximum absolute atomic E-state index is 12.6. The van der Waals surface area contributed by atoms with Crippen molar-refractivity contribution in [2.75, 3.05) is 38.2 Å². The number of anilines is 1. The molecule has 35 heavy (non-hydrogen) atoms. The van der Waals surface area contributed by atoms with Gasteiger partial charge in [0.1, 0.15) is 11.9 Å². The fraction of sp³-hybridized carbons (Fsp3) is 0.345. The van der Waals surface area contributed by atoms with Gasteiger partial charge in [0.15, 0.2) is 0 Å². The number of aliphatic hydroxyl groups is 1. The van der Waals surface area contributed by atoms with E-state index < -0.39 is 6.09 Å². The molecule has 1 aliphatic heterocycles. The van der Waals surface area contributed by atoms with E-state index in [0.717, 1.165) is 67.0 Å². The normalized spacial score (nSPS) is 14.4. The van der Waals surface area contributed by atoms with Crippen LogP contribution in [-0.4, -0.2) is 55.1 Å². The molecule has 0 bridgehead atoms. The van der Waals surface area contributed by atoms with Gasteiger partial charge in [-0.2, -0.15) is 0 Å². The van der Waals surface area contributed by atoms with E-state index in [-0.39, 0.29) is 12.7 Å². The van der Waals surface area contributed by atoms with Crippen LogP contribution < -0.4 is 10.1 Å². The summed E-state index contributed by atoms with van der Waals surface area (Å²) in [6.45, 7) is 3.61. The number of likely N-dealkylation sites (tertiary alicyclic amines) is 1. The minimum atomic E-state index is -0.398. The third-order valence-electron chi connectivity index (χ3n) is 6.27. The summed E-state index contributed by atoms with van der Waals surface area (Å²) in [6, 6.07) is 25.7. The largest absolute Gasteiger partial charge is 0.494 e. The second-order valence-corrected chi connectivity index (χ2v) is 8.80. The van der Waals surface area contributed by atoms with Crippen molar-refractivity contribution in [1.29, 1.82) is 0 Å². The molecule has 0 spiro atoms. The first-order chi connectivity index (χ1) is 17.2. The lowest BCUT2D eigenvalue weighted by Crippen LogP contribution is -2.39. The molecule has 2 N–H and O–H groups in total. The molecule has 0 radical (unpaired) electrons. The molecule has 0 saturated carbocycles. The Morgan fingerprint density at radius 2 is 1.66 bits per heavy atom. The molecule has 6 nitrogen and oxygen atoms in total. The number of carbonyl (C=O) groups is 1. The molecular weight excluding hydrogens is 440 g/mol. The maximum atomic E-state index is 12.6. The summed E-state index contributed by atoms with van der Waals surface area (Å²) < 4.78 is 11.6. The molecule has 1 saturated heterocycles. The van der Waals surface area contributed by atoms with Crippen molar-refractivity contribution in [2.45, 2.75) is 31.8 Å². The number of aliphatic hydroxyl groups excluding tert-OH is 1. The summed E-state index contributed by atoms with van der Waals surface area (Å²) in [4.78, 5) is 15.0. The zero-order chi connectivity index (χ0) is 24.3. The van der Waals surface area contributed by atoms with Crippen molar-refractivity contribution in [3.63, 3.8) is 0 Å². The van der Waals surface area contributed by atoms with Crippen molar-refractivity contribution in [1.82, 2.24) is 4.90 Å². The summed E-state index contributed by atoms with van der Waals surface area (Å²) >= 11 is 0. The number of hydrogen-bond acceptors (Lipinski definition) is 5. The Bertz CT molecular complexity index is 1050. The molecule has 4 rings (SSSR count). The second-order valence-electron chi connectivity index (χ2n) is 8.80. The van der Waals surface area contributed by atoms with E-state index in [9.17, 15) is 4.79 Å². The molecule has 3 aromatic carbocycles. The van der Waals surface area contributed by atoms with Gasteiger partial charge in [0, 0.05) is 31.8 Å². The topological polar surface area (TPSA) is 71.0 Å². The smallest absolute Gasteiger partial charge is 0.411 e. The van der Waals surface area contributed by atoms with Crippen LogP contribution in [0.3, 0.4) is 0 Å². The highest BCUT2D eigenvalue weighted by molar-refractivity contribution is 5.91. The zero-order valence-electron chi connectivity index (χ0n) is 20.1. The summed E-state index contributed by atoms with van der Waals surface area (Å²) in [6.07, 6.45) is 2.82. The lowest BCUT2D eigenvalue weighted by atomic mass is 10.0. The van der Waals surface area contributed by atoms with Gasteiger partial charge in [0.2, 0.25) is 0 Å². The number of nitrogens with one attached hydrogen (secondary N) is 1. The molecule has 184 valence electrons. The predicted octanol–water partition coefficient (Wildman–Crippen LogP) is 5.37. The van der Waals surface area contributed by atoms with Gasteiger partial charge in [-0.1, -0.05) is 60.7 Å². The van der Waals surface area contributed by atoms with Gasteiger partial charge in [0.05, 0.1) is 12.3 Å². The molecule has 1 heterocycles. The number of nitrogens with zero attached hydrogens (tertiary/aromatic N) is 1. The van der Waals surface area contributed by atoms with E-state index in [2.05, 4.69) is 10.2 Å². The van der Waals surface area contributed by atoms with Gasteiger partial charge in [-0.15, -0.1) is 0 Å². The average molecular weight is 475 g/mol. The third kappa shape index (κ3) is 7.57. The molecule has 6 heteroatoms. The Morgan fingerprint density at radius 3 is 2.40 bits per heavy atom. The second kappa shape index (κ2) is 12.9. The van der Waals surface area contributed by atoms with E-state index in [0.29, 0.717) is 13.0 Å². The summed E-state index contributed by atoms with van der Waals surface area (Å²) in [5.41, 5.74) is 3.89. The number of para-hydroxylation sites is 1. The lowest BCUT2D eigenvalue weighted by molar-refractivity contribution is 0.0575. The minimum Gasteiger partial charge on any atom is -0.494 e. The Kier molecular flexibility index (Phi) is 9.15. The number of amides is 1. The Balaban J connectivity index is 1.15. The Labute approximate surface area is 207 Å². The van der Waals surface area contributed by atoms with Crippen LogP contribution in [-0.2, 0) is 11.2 Å². The highest BCUT2D eigenvalue weighted by atomic mass is 16.6. The average Bonchev–Trinajstić information content (AvgIpc) is 2.89. The number of rotatable bonds is 10. The molecule has 1 fully saturated rings. The standard InChI is InChI=1S/C29H34N2O4/c32-21-17-23-11-13-25(14-12-23)34-22-6-18-31-19-15-26(16-20-31)35-29(33)30-28-10-5-4-9-27(28)24-7-2-1-3-8-24/h1-5,7-14,26,32H,6,15-22H2,(H,30,33). The number of hydrogen-bond donors (Lipinski definition) is 2. The van der Waals surface area contributed by atoms with E-state index in [1.807, 2.05) is 78.9 Å². The van der Waals surface area contributed by atoms with Crippen molar-refractivity contribution >= 4 is 11.8 Å². The van der Waals surface area contributed by atoms with E-state index >= 15 is 0 Å². The van der Waals surface area contributed by atoms with Crippen LogP contribution in [0.4, 0.5) is 10.5 Å². The molecule has 3 aromatic rings. The van der Waals surface area contributed by atoms with Crippen molar-refractivity contribution in [2.24, 2.45) is 0 Å². The van der Waals surface area contributed by atoms with Gasteiger partial charge >= 0.3 is 6.09 Å².